The molecular weight excluding hydrogens is 316 g/mol. The summed E-state index contributed by atoms with van der Waals surface area (Å²) < 4.78 is 9.17. The summed E-state index contributed by atoms with van der Waals surface area (Å²) in [6, 6.07) is 2.80. The number of halogens is 3. The Kier molecular flexibility index (Phi) is 6.37. The van der Waals surface area contributed by atoms with Gasteiger partial charge in [0.05, 0.1) is 20.8 Å². The number of methoxy groups -OCH3 is 1. The van der Waals surface area contributed by atoms with Gasteiger partial charge in [0.2, 0.25) is 0 Å². The first-order valence-corrected chi connectivity index (χ1v) is 6.16. The summed E-state index contributed by atoms with van der Waals surface area (Å²) in [4.78, 5) is 22.5. The molecule has 1 aromatic rings. The van der Waals surface area contributed by atoms with E-state index in [1.54, 1.807) is 0 Å². The summed E-state index contributed by atoms with van der Waals surface area (Å²) in [5, 5.41) is 3.19. The zero-order valence-electron chi connectivity index (χ0n) is 9.84. The third kappa shape index (κ3) is 5.24. The molecule has 0 spiro atoms. The predicted octanol–water partition coefficient (Wildman–Crippen LogP) is 2.77. The summed E-state index contributed by atoms with van der Waals surface area (Å²) in [7, 11) is 1.34. The summed E-state index contributed by atoms with van der Waals surface area (Å²) in [5.74, 6) is -1.19. The summed E-state index contributed by atoms with van der Waals surface area (Å²) in [5.41, 5.74) is 0.281. The van der Waals surface area contributed by atoms with Crippen molar-refractivity contribution in [1.29, 1.82) is 0 Å². The zero-order chi connectivity index (χ0) is 14.4. The van der Waals surface area contributed by atoms with Crippen molar-refractivity contribution >= 4 is 52.4 Å². The number of anilines is 1. The number of hydrogen-bond acceptors (Lipinski definition) is 4. The number of carbonyl (C=O) groups excluding carboxylic acids is 2. The van der Waals surface area contributed by atoms with Gasteiger partial charge in [-0.1, -0.05) is 34.8 Å². The fourth-order valence-corrected chi connectivity index (χ4v) is 1.70. The van der Waals surface area contributed by atoms with Crippen molar-refractivity contribution in [3.05, 3.63) is 27.2 Å². The van der Waals surface area contributed by atoms with Gasteiger partial charge in [-0.05, 0) is 12.1 Å². The molecule has 0 unspecified atom stereocenters. The molecule has 104 valence electrons. The smallest absolute Gasteiger partial charge is 0.332 e. The van der Waals surface area contributed by atoms with E-state index in [-0.39, 0.29) is 27.4 Å². The topological polar surface area (TPSA) is 64.6 Å². The molecule has 0 atom stereocenters. The highest BCUT2D eigenvalue weighted by molar-refractivity contribution is 6.44. The molecule has 0 saturated carbocycles. The second-order valence-electron chi connectivity index (χ2n) is 3.39. The van der Waals surface area contributed by atoms with Gasteiger partial charge in [-0.3, -0.25) is 4.79 Å². The van der Waals surface area contributed by atoms with Crippen LogP contribution >= 0.6 is 34.8 Å². The van der Waals surface area contributed by atoms with Crippen LogP contribution in [0.1, 0.15) is 0 Å². The number of carbonyl (C=O) groups is 2. The Morgan fingerprint density at radius 1 is 1.11 bits per heavy atom. The number of rotatable bonds is 5. The van der Waals surface area contributed by atoms with E-state index in [1.807, 2.05) is 0 Å². The molecule has 0 aromatic heterocycles. The Morgan fingerprint density at radius 3 is 2.37 bits per heavy atom. The Labute approximate surface area is 124 Å². The molecular formula is C11H10Cl3NO4. The molecule has 1 rings (SSSR count). The monoisotopic (exact) mass is 325 g/mol. The number of hydrogen-bond donors (Lipinski definition) is 1. The lowest BCUT2D eigenvalue weighted by molar-refractivity contribution is -0.150. The summed E-state index contributed by atoms with van der Waals surface area (Å²) >= 11 is 17.4. The molecule has 0 saturated heterocycles. The minimum atomic E-state index is -0.641. The molecule has 19 heavy (non-hydrogen) atoms. The normalized spacial score (nSPS) is 10.1. The first-order chi connectivity index (χ1) is 8.93. The van der Waals surface area contributed by atoms with E-state index in [1.165, 1.54) is 19.2 Å². The third-order valence-corrected chi connectivity index (χ3v) is 2.95. The van der Waals surface area contributed by atoms with Crippen LogP contribution in [0.15, 0.2) is 12.1 Å². The lowest BCUT2D eigenvalue weighted by Gasteiger charge is -2.09. The Hall–Kier alpha value is -1.01. The van der Waals surface area contributed by atoms with E-state index in [0.29, 0.717) is 0 Å². The van der Waals surface area contributed by atoms with E-state index >= 15 is 0 Å². The Balaban J connectivity index is 2.58. The van der Waals surface area contributed by atoms with E-state index in [2.05, 4.69) is 14.8 Å². The predicted molar refractivity (Wildman–Crippen MR) is 72.9 cm³/mol. The molecule has 1 N–H and O–H groups in total. The standard InChI is InChI=1S/C11H10Cl3NO4/c1-18-5-11(17)19-4-10(16)15-9-3-7(13)6(12)2-8(9)14/h2-3H,4-5H2,1H3,(H,15,16). The number of amides is 1. The van der Waals surface area contributed by atoms with E-state index in [9.17, 15) is 9.59 Å². The van der Waals surface area contributed by atoms with Gasteiger partial charge in [0.1, 0.15) is 6.61 Å². The van der Waals surface area contributed by atoms with Crippen LogP contribution in [0.3, 0.4) is 0 Å². The van der Waals surface area contributed by atoms with E-state index in [4.69, 9.17) is 34.8 Å². The molecule has 0 bridgehead atoms. The minimum absolute atomic E-state index is 0.221. The number of esters is 1. The first kappa shape index (κ1) is 16.0. The molecule has 0 fully saturated rings. The van der Waals surface area contributed by atoms with Gasteiger partial charge in [-0.15, -0.1) is 0 Å². The highest BCUT2D eigenvalue weighted by atomic mass is 35.5. The lowest BCUT2D eigenvalue weighted by Crippen LogP contribution is -2.22. The lowest BCUT2D eigenvalue weighted by atomic mass is 10.3. The van der Waals surface area contributed by atoms with Gasteiger partial charge in [0.15, 0.2) is 6.61 Å². The number of benzene rings is 1. The highest BCUT2D eigenvalue weighted by Crippen LogP contribution is 2.32. The molecule has 0 aliphatic heterocycles. The van der Waals surface area contributed by atoms with Gasteiger partial charge in [0, 0.05) is 7.11 Å². The average Bonchev–Trinajstić information content (AvgIpc) is 2.34. The molecule has 1 aromatic carbocycles. The van der Waals surface area contributed by atoms with Crippen LogP contribution in [-0.2, 0) is 19.1 Å². The molecule has 5 nitrogen and oxygen atoms in total. The Bertz CT molecular complexity index is 493. The van der Waals surface area contributed by atoms with Crippen molar-refractivity contribution < 1.29 is 19.1 Å². The summed E-state index contributed by atoms with van der Waals surface area (Å²) in [6.45, 7) is -0.667. The van der Waals surface area contributed by atoms with Crippen molar-refractivity contribution in [1.82, 2.24) is 0 Å². The van der Waals surface area contributed by atoms with Crippen molar-refractivity contribution in [3.8, 4) is 0 Å². The SMILES string of the molecule is COCC(=O)OCC(=O)Nc1cc(Cl)c(Cl)cc1Cl. The van der Waals surface area contributed by atoms with Crippen LogP contribution in [0.5, 0.6) is 0 Å². The fraction of sp³-hybridized carbons (Fsp3) is 0.273. The van der Waals surface area contributed by atoms with Gasteiger partial charge in [-0.25, -0.2) is 4.79 Å². The molecule has 0 aliphatic carbocycles. The molecule has 0 heterocycles. The quantitative estimate of drug-likeness (QED) is 0.667. The van der Waals surface area contributed by atoms with Gasteiger partial charge in [-0.2, -0.15) is 0 Å². The van der Waals surface area contributed by atoms with Crippen molar-refractivity contribution in [2.45, 2.75) is 0 Å². The number of ether oxygens (including phenoxy) is 2. The number of nitrogens with one attached hydrogen (secondary N) is 1. The van der Waals surface area contributed by atoms with Gasteiger partial charge >= 0.3 is 5.97 Å². The van der Waals surface area contributed by atoms with Gasteiger partial charge in [0.25, 0.3) is 5.91 Å². The third-order valence-electron chi connectivity index (χ3n) is 1.91. The van der Waals surface area contributed by atoms with Crippen LogP contribution in [-0.4, -0.2) is 32.2 Å². The summed E-state index contributed by atoms with van der Waals surface area (Å²) in [6.07, 6.45) is 0. The maximum absolute atomic E-state index is 11.5. The maximum atomic E-state index is 11.5. The van der Waals surface area contributed by atoms with Crippen LogP contribution in [0.4, 0.5) is 5.69 Å². The average molecular weight is 327 g/mol. The maximum Gasteiger partial charge on any atom is 0.332 e. The van der Waals surface area contributed by atoms with Crippen LogP contribution in [0, 0.1) is 0 Å². The van der Waals surface area contributed by atoms with Crippen LogP contribution in [0.2, 0.25) is 15.1 Å². The van der Waals surface area contributed by atoms with Gasteiger partial charge < -0.3 is 14.8 Å². The van der Waals surface area contributed by atoms with Crippen LogP contribution < -0.4 is 5.32 Å². The molecule has 0 aliphatic rings. The second kappa shape index (κ2) is 7.55. The first-order valence-electron chi connectivity index (χ1n) is 5.03. The van der Waals surface area contributed by atoms with E-state index < -0.39 is 18.5 Å². The van der Waals surface area contributed by atoms with Crippen molar-refractivity contribution in [2.24, 2.45) is 0 Å². The highest BCUT2D eigenvalue weighted by Gasteiger charge is 2.11. The second-order valence-corrected chi connectivity index (χ2v) is 4.61. The minimum Gasteiger partial charge on any atom is -0.454 e. The van der Waals surface area contributed by atoms with Crippen molar-refractivity contribution in [2.75, 3.05) is 25.6 Å². The molecule has 1 amide bonds. The fourth-order valence-electron chi connectivity index (χ4n) is 1.11. The van der Waals surface area contributed by atoms with Crippen molar-refractivity contribution in [3.63, 3.8) is 0 Å². The molecule has 8 heteroatoms. The van der Waals surface area contributed by atoms with Crippen LogP contribution in [0.25, 0.3) is 0 Å². The van der Waals surface area contributed by atoms with E-state index in [0.717, 1.165) is 0 Å². The molecule has 0 radical (unpaired) electrons. The largest absolute Gasteiger partial charge is 0.454 e. The Morgan fingerprint density at radius 2 is 1.74 bits per heavy atom. The zero-order valence-corrected chi connectivity index (χ0v) is 12.1.